The molecule has 0 unspecified atom stereocenters. The molecule has 0 spiro atoms. The van der Waals surface area contributed by atoms with E-state index in [2.05, 4.69) is 37.6 Å². The fraction of sp³-hybridized carbons (Fsp3) is 0.263. The Balaban J connectivity index is 1.39. The summed E-state index contributed by atoms with van der Waals surface area (Å²) >= 11 is 1.33. The van der Waals surface area contributed by atoms with Crippen molar-refractivity contribution >= 4 is 23.4 Å². The molecule has 0 radical (unpaired) electrons. The number of aromatic nitrogens is 4. The number of hydrogen-bond donors (Lipinski definition) is 2. The minimum Gasteiger partial charge on any atom is -0.325 e. The zero-order chi connectivity index (χ0) is 17.9. The monoisotopic (exact) mass is 365 g/mol. The number of carbonyl (C=O) groups is 1. The van der Waals surface area contributed by atoms with E-state index in [1.807, 2.05) is 25.1 Å². The van der Waals surface area contributed by atoms with Crippen molar-refractivity contribution < 1.29 is 4.79 Å². The number of rotatable bonds is 5. The highest BCUT2D eigenvalue weighted by Crippen LogP contribution is 2.26. The van der Waals surface area contributed by atoms with Crippen molar-refractivity contribution in [2.45, 2.75) is 36.6 Å². The zero-order valence-corrected chi connectivity index (χ0v) is 15.2. The Morgan fingerprint density at radius 2 is 2.00 bits per heavy atom. The summed E-state index contributed by atoms with van der Waals surface area (Å²) in [5, 5.41) is 10.3. The van der Waals surface area contributed by atoms with Gasteiger partial charge in [0.05, 0.1) is 5.25 Å². The smallest absolute Gasteiger partial charge is 0.237 e. The first-order chi connectivity index (χ1) is 12.7. The van der Waals surface area contributed by atoms with Crippen LogP contribution in [0.4, 0.5) is 5.69 Å². The first-order valence-corrected chi connectivity index (χ1v) is 9.49. The number of carbonyl (C=O) groups excluding carboxylic acids is 1. The van der Waals surface area contributed by atoms with Crippen molar-refractivity contribution in [3.63, 3.8) is 0 Å². The molecule has 1 aromatic carbocycles. The highest BCUT2D eigenvalue weighted by atomic mass is 32.2. The number of nitrogens with zero attached hydrogens (tertiary/aromatic N) is 3. The van der Waals surface area contributed by atoms with E-state index in [1.165, 1.54) is 29.3 Å². The van der Waals surface area contributed by atoms with Gasteiger partial charge in [-0.05, 0) is 61.6 Å². The number of aromatic amines is 1. The normalized spacial score (nSPS) is 14.0. The molecule has 0 saturated heterocycles. The molecule has 2 N–H and O–H groups in total. The lowest BCUT2D eigenvalue weighted by molar-refractivity contribution is -0.115. The molecular weight excluding hydrogens is 346 g/mol. The van der Waals surface area contributed by atoms with Gasteiger partial charge in [-0.2, -0.15) is 0 Å². The summed E-state index contributed by atoms with van der Waals surface area (Å²) in [6, 6.07) is 9.91. The van der Waals surface area contributed by atoms with Crippen LogP contribution < -0.4 is 5.32 Å². The predicted molar refractivity (Wildman–Crippen MR) is 102 cm³/mol. The van der Waals surface area contributed by atoms with Crippen LogP contribution in [0.3, 0.4) is 0 Å². The number of H-pyrrole nitrogens is 1. The van der Waals surface area contributed by atoms with Gasteiger partial charge in [-0.3, -0.25) is 14.9 Å². The van der Waals surface area contributed by atoms with E-state index in [9.17, 15) is 4.79 Å². The van der Waals surface area contributed by atoms with Crippen LogP contribution in [0.5, 0.6) is 0 Å². The summed E-state index contributed by atoms with van der Waals surface area (Å²) in [5.74, 6) is 0.615. The Morgan fingerprint density at radius 1 is 1.19 bits per heavy atom. The van der Waals surface area contributed by atoms with Gasteiger partial charge in [0, 0.05) is 23.6 Å². The van der Waals surface area contributed by atoms with Gasteiger partial charge in [0.15, 0.2) is 5.82 Å². The van der Waals surface area contributed by atoms with Crippen molar-refractivity contribution in [2.75, 3.05) is 5.32 Å². The first kappa shape index (κ1) is 16.8. The lowest BCUT2D eigenvalue weighted by Crippen LogP contribution is -2.22. The molecule has 6 nitrogen and oxygen atoms in total. The molecule has 0 saturated carbocycles. The van der Waals surface area contributed by atoms with Crippen LogP contribution in [0.15, 0.2) is 47.9 Å². The second-order valence-corrected chi connectivity index (χ2v) is 7.60. The van der Waals surface area contributed by atoms with E-state index in [4.69, 9.17) is 0 Å². The minimum atomic E-state index is -0.302. The van der Waals surface area contributed by atoms with Gasteiger partial charge < -0.3 is 5.32 Å². The second kappa shape index (κ2) is 7.29. The lowest BCUT2D eigenvalue weighted by atomic mass is 10.1. The summed E-state index contributed by atoms with van der Waals surface area (Å²) < 4.78 is 0. The fourth-order valence-corrected chi connectivity index (χ4v) is 3.77. The van der Waals surface area contributed by atoms with Crippen molar-refractivity contribution in [1.29, 1.82) is 0 Å². The van der Waals surface area contributed by atoms with E-state index < -0.39 is 0 Å². The standard InChI is InChI=1S/C19H19N5OS/c1-12(18(25)21-16-6-5-13-3-2-4-15(13)11-16)26-19-22-17(23-24-19)14-7-9-20-10-8-14/h5-12H,2-4H2,1H3,(H,21,25)(H,22,23,24)/t12-/m0/s1. The summed E-state index contributed by atoms with van der Waals surface area (Å²) in [5.41, 5.74) is 4.51. The Hall–Kier alpha value is -2.67. The molecule has 0 bridgehead atoms. The van der Waals surface area contributed by atoms with E-state index >= 15 is 0 Å². The Bertz CT molecular complexity index is 925. The Labute approximate surface area is 155 Å². The van der Waals surface area contributed by atoms with Crippen LogP contribution in [0.2, 0.25) is 0 Å². The van der Waals surface area contributed by atoms with Gasteiger partial charge in [-0.25, -0.2) is 4.98 Å². The van der Waals surface area contributed by atoms with E-state index in [0.717, 1.165) is 24.1 Å². The molecule has 7 heteroatoms. The topological polar surface area (TPSA) is 83.6 Å². The minimum absolute atomic E-state index is 0.0526. The van der Waals surface area contributed by atoms with Gasteiger partial charge >= 0.3 is 0 Å². The molecule has 132 valence electrons. The first-order valence-electron chi connectivity index (χ1n) is 8.61. The molecular formula is C19H19N5OS. The third-order valence-electron chi connectivity index (χ3n) is 4.44. The van der Waals surface area contributed by atoms with Crippen molar-refractivity contribution in [2.24, 2.45) is 0 Å². The summed E-state index contributed by atoms with van der Waals surface area (Å²) in [4.78, 5) is 20.9. The molecule has 2 aromatic heterocycles. The van der Waals surface area contributed by atoms with Gasteiger partial charge in [-0.1, -0.05) is 17.8 Å². The highest BCUT2D eigenvalue weighted by molar-refractivity contribution is 8.00. The number of benzene rings is 1. The number of thioether (sulfide) groups is 1. The maximum Gasteiger partial charge on any atom is 0.237 e. The fourth-order valence-electron chi connectivity index (χ4n) is 3.04. The van der Waals surface area contributed by atoms with Crippen molar-refractivity contribution in [3.8, 4) is 11.4 Å². The quantitative estimate of drug-likeness (QED) is 0.677. The SMILES string of the molecule is C[C@H](Sc1n[nH]c(-c2ccncc2)n1)C(=O)Nc1ccc2c(c1)CCC2. The molecule has 1 atom stereocenters. The number of aryl methyl sites for hydroxylation is 2. The molecule has 1 amide bonds. The number of anilines is 1. The van der Waals surface area contributed by atoms with Crippen LogP contribution in [0.1, 0.15) is 24.5 Å². The van der Waals surface area contributed by atoms with Crippen LogP contribution in [-0.2, 0) is 17.6 Å². The van der Waals surface area contributed by atoms with Gasteiger partial charge in [-0.15, -0.1) is 5.10 Å². The largest absolute Gasteiger partial charge is 0.325 e. The van der Waals surface area contributed by atoms with Crippen LogP contribution in [-0.4, -0.2) is 31.3 Å². The summed E-state index contributed by atoms with van der Waals surface area (Å²) in [6.45, 7) is 1.86. The molecule has 3 aromatic rings. The predicted octanol–water partition coefficient (Wildman–Crippen LogP) is 3.47. The van der Waals surface area contributed by atoms with Gasteiger partial charge in [0.1, 0.15) is 0 Å². The molecule has 4 rings (SSSR count). The summed E-state index contributed by atoms with van der Waals surface area (Å²) in [7, 11) is 0. The molecule has 0 fully saturated rings. The second-order valence-electron chi connectivity index (χ2n) is 6.29. The Morgan fingerprint density at radius 3 is 2.85 bits per heavy atom. The van der Waals surface area contributed by atoms with Gasteiger partial charge in [0.25, 0.3) is 0 Å². The number of pyridine rings is 1. The molecule has 1 aliphatic rings. The van der Waals surface area contributed by atoms with Crippen molar-refractivity contribution in [3.05, 3.63) is 53.9 Å². The van der Waals surface area contributed by atoms with Gasteiger partial charge in [0.2, 0.25) is 11.1 Å². The highest BCUT2D eigenvalue weighted by Gasteiger charge is 2.18. The molecule has 1 aliphatic carbocycles. The molecule has 0 aliphatic heterocycles. The number of hydrogen-bond acceptors (Lipinski definition) is 5. The number of nitrogens with one attached hydrogen (secondary N) is 2. The van der Waals surface area contributed by atoms with Crippen LogP contribution in [0.25, 0.3) is 11.4 Å². The van der Waals surface area contributed by atoms with E-state index in [0.29, 0.717) is 11.0 Å². The third kappa shape index (κ3) is 3.62. The lowest BCUT2D eigenvalue weighted by Gasteiger charge is -2.11. The van der Waals surface area contributed by atoms with E-state index in [-0.39, 0.29) is 11.2 Å². The average molecular weight is 365 g/mol. The average Bonchev–Trinajstić information content (AvgIpc) is 3.31. The number of fused-ring (bicyclic) bond motifs is 1. The maximum absolute atomic E-state index is 12.5. The number of amides is 1. The molecule has 2 heterocycles. The van der Waals surface area contributed by atoms with E-state index in [1.54, 1.807) is 12.4 Å². The maximum atomic E-state index is 12.5. The van der Waals surface area contributed by atoms with Crippen LogP contribution >= 0.6 is 11.8 Å². The van der Waals surface area contributed by atoms with Crippen molar-refractivity contribution in [1.82, 2.24) is 20.2 Å². The summed E-state index contributed by atoms with van der Waals surface area (Å²) in [6.07, 6.45) is 6.84. The third-order valence-corrected chi connectivity index (χ3v) is 5.40. The Kier molecular flexibility index (Phi) is 4.71. The van der Waals surface area contributed by atoms with Crippen LogP contribution in [0, 0.1) is 0 Å². The molecule has 26 heavy (non-hydrogen) atoms. The zero-order valence-electron chi connectivity index (χ0n) is 14.4.